The molecule has 0 saturated heterocycles. The Morgan fingerprint density at radius 1 is 1.39 bits per heavy atom. The van der Waals surface area contributed by atoms with Crippen LogP contribution in [-0.2, 0) is 17.3 Å². The lowest BCUT2D eigenvalue weighted by Crippen LogP contribution is -2.42. The second-order valence-electron chi connectivity index (χ2n) is 7.41. The van der Waals surface area contributed by atoms with Crippen molar-refractivity contribution in [3.63, 3.8) is 0 Å². The number of aryl methyl sites for hydroxylation is 1. The van der Waals surface area contributed by atoms with Crippen molar-refractivity contribution in [1.82, 2.24) is 15.3 Å². The Morgan fingerprint density at radius 3 is 3.00 bits per heavy atom. The number of halogens is 1. The monoisotopic (exact) mass is 383 g/mol. The van der Waals surface area contributed by atoms with Crippen molar-refractivity contribution in [1.29, 1.82) is 0 Å². The molecule has 2 atom stereocenters. The normalized spacial score (nSPS) is 21.8. The van der Waals surface area contributed by atoms with E-state index in [4.69, 9.17) is 4.74 Å². The first-order chi connectivity index (χ1) is 13.4. The van der Waals surface area contributed by atoms with Crippen molar-refractivity contribution < 1.29 is 19.1 Å². The van der Waals surface area contributed by atoms with Crippen LogP contribution in [0.15, 0.2) is 42.6 Å². The Hall–Kier alpha value is -2.93. The van der Waals surface area contributed by atoms with E-state index in [0.29, 0.717) is 36.1 Å². The third kappa shape index (κ3) is 2.92. The first kappa shape index (κ1) is 18.4. The summed E-state index contributed by atoms with van der Waals surface area (Å²) in [6.07, 6.45) is 2.99. The molecule has 3 aromatic rings. The highest BCUT2D eigenvalue weighted by Crippen LogP contribution is 2.44. The highest BCUT2D eigenvalue weighted by atomic mass is 19.1. The van der Waals surface area contributed by atoms with Crippen LogP contribution >= 0.6 is 0 Å². The number of benzene rings is 2. The molecule has 1 aliphatic carbocycles. The van der Waals surface area contributed by atoms with Crippen molar-refractivity contribution >= 4 is 16.8 Å². The Bertz CT molecular complexity index is 1050. The van der Waals surface area contributed by atoms with Gasteiger partial charge in [-0.1, -0.05) is 12.1 Å². The van der Waals surface area contributed by atoms with Crippen LogP contribution in [-0.4, -0.2) is 27.0 Å². The number of fused-ring (bicyclic) bond motifs is 1. The van der Waals surface area contributed by atoms with Crippen LogP contribution in [0.2, 0.25) is 0 Å². The standard InChI is InChI=1S/C21H22FN3O3/c1-13-17(4-3-5-18(13)22)21(20(26)24-27)9-8-16(11-21)28-15-7-6-14-12-23-25(2)19(14)10-15/h3-7,10,12,16,27H,8-9,11H2,1-2H3,(H,24,26). The highest BCUT2D eigenvalue weighted by Gasteiger charge is 2.48. The maximum Gasteiger partial charge on any atom is 0.254 e. The van der Waals surface area contributed by atoms with Crippen molar-refractivity contribution in [3.8, 4) is 5.75 Å². The fraction of sp³-hybridized carbons (Fsp3) is 0.333. The van der Waals surface area contributed by atoms with Crippen LogP contribution in [0.5, 0.6) is 5.75 Å². The molecule has 2 N–H and O–H groups in total. The summed E-state index contributed by atoms with van der Waals surface area (Å²) in [7, 11) is 1.87. The summed E-state index contributed by atoms with van der Waals surface area (Å²) < 4.78 is 22.1. The third-order valence-corrected chi connectivity index (χ3v) is 5.81. The largest absolute Gasteiger partial charge is 0.490 e. The molecule has 0 bridgehead atoms. The fourth-order valence-corrected chi connectivity index (χ4v) is 4.30. The van der Waals surface area contributed by atoms with Crippen LogP contribution in [0.3, 0.4) is 0 Å². The van der Waals surface area contributed by atoms with Gasteiger partial charge in [0.2, 0.25) is 0 Å². The van der Waals surface area contributed by atoms with Crippen LogP contribution in [0.25, 0.3) is 10.9 Å². The van der Waals surface area contributed by atoms with Crippen LogP contribution in [0.1, 0.15) is 30.4 Å². The number of carbonyl (C=O) groups is 1. The molecule has 1 amide bonds. The molecule has 7 heteroatoms. The molecule has 1 fully saturated rings. The van der Waals surface area contributed by atoms with Gasteiger partial charge >= 0.3 is 0 Å². The zero-order valence-corrected chi connectivity index (χ0v) is 15.8. The molecule has 6 nitrogen and oxygen atoms in total. The number of nitrogens with one attached hydrogen (secondary N) is 1. The number of hydrogen-bond donors (Lipinski definition) is 2. The van der Waals surface area contributed by atoms with E-state index in [0.717, 1.165) is 10.9 Å². The minimum Gasteiger partial charge on any atom is -0.490 e. The van der Waals surface area contributed by atoms with Crippen molar-refractivity contribution in [3.05, 3.63) is 59.5 Å². The van der Waals surface area contributed by atoms with Gasteiger partial charge in [-0.3, -0.25) is 14.7 Å². The SMILES string of the molecule is Cc1c(F)cccc1C1(C(=O)NO)CCC(Oc2ccc3cnn(C)c3c2)C1. The highest BCUT2D eigenvalue weighted by molar-refractivity contribution is 5.88. The topological polar surface area (TPSA) is 76.4 Å². The summed E-state index contributed by atoms with van der Waals surface area (Å²) in [5, 5.41) is 14.6. The van der Waals surface area contributed by atoms with Crippen LogP contribution < -0.4 is 10.2 Å². The Morgan fingerprint density at radius 2 is 2.21 bits per heavy atom. The van der Waals surface area contributed by atoms with E-state index in [1.54, 1.807) is 35.4 Å². The van der Waals surface area contributed by atoms with Crippen molar-refractivity contribution in [2.75, 3.05) is 0 Å². The summed E-state index contributed by atoms with van der Waals surface area (Å²) in [6.45, 7) is 1.65. The molecular formula is C21H22FN3O3. The summed E-state index contributed by atoms with van der Waals surface area (Å²) in [6, 6.07) is 10.4. The van der Waals surface area contributed by atoms with Crippen LogP contribution in [0, 0.1) is 12.7 Å². The van der Waals surface area contributed by atoms with Gasteiger partial charge in [0.05, 0.1) is 17.1 Å². The molecule has 4 rings (SSSR count). The number of nitrogens with zero attached hydrogens (tertiary/aromatic N) is 2. The van der Waals surface area contributed by atoms with E-state index in [1.807, 2.05) is 25.2 Å². The molecule has 0 spiro atoms. The lowest BCUT2D eigenvalue weighted by Gasteiger charge is -2.29. The summed E-state index contributed by atoms with van der Waals surface area (Å²) >= 11 is 0. The quantitative estimate of drug-likeness (QED) is 0.535. The maximum atomic E-state index is 14.1. The first-order valence-corrected chi connectivity index (χ1v) is 9.23. The van der Waals surface area contributed by atoms with Gasteiger partial charge in [0.1, 0.15) is 17.7 Å². The van der Waals surface area contributed by atoms with E-state index in [2.05, 4.69) is 5.10 Å². The van der Waals surface area contributed by atoms with E-state index in [9.17, 15) is 14.4 Å². The molecule has 1 aromatic heterocycles. The lowest BCUT2D eigenvalue weighted by atomic mass is 9.76. The van der Waals surface area contributed by atoms with Gasteiger partial charge in [-0.2, -0.15) is 5.10 Å². The maximum absolute atomic E-state index is 14.1. The minimum atomic E-state index is -1.03. The Labute approximate surface area is 161 Å². The summed E-state index contributed by atoms with van der Waals surface area (Å²) in [5.74, 6) is -0.208. The fourth-order valence-electron chi connectivity index (χ4n) is 4.30. The van der Waals surface area contributed by atoms with E-state index >= 15 is 0 Å². The number of aromatic nitrogens is 2. The predicted molar refractivity (Wildman–Crippen MR) is 102 cm³/mol. The van der Waals surface area contributed by atoms with Crippen LogP contribution in [0.4, 0.5) is 4.39 Å². The smallest absolute Gasteiger partial charge is 0.254 e. The molecular weight excluding hydrogens is 361 g/mol. The Kier molecular flexibility index (Phi) is 4.55. The zero-order chi connectivity index (χ0) is 19.9. The summed E-state index contributed by atoms with van der Waals surface area (Å²) in [5.41, 5.74) is 2.72. The minimum absolute atomic E-state index is 0.231. The molecule has 2 aromatic carbocycles. The predicted octanol–water partition coefficient (Wildman–Crippen LogP) is 3.40. The second kappa shape index (κ2) is 6.91. The molecule has 0 aliphatic heterocycles. The average Bonchev–Trinajstić information content (AvgIpc) is 3.28. The number of ether oxygens (including phenoxy) is 1. The van der Waals surface area contributed by atoms with Gasteiger partial charge in [-0.25, -0.2) is 9.87 Å². The van der Waals surface area contributed by atoms with E-state index in [-0.39, 0.29) is 11.9 Å². The van der Waals surface area contributed by atoms with E-state index < -0.39 is 11.3 Å². The lowest BCUT2D eigenvalue weighted by molar-refractivity contribution is -0.135. The molecule has 2 unspecified atom stereocenters. The van der Waals surface area contributed by atoms with Crippen molar-refractivity contribution in [2.24, 2.45) is 7.05 Å². The zero-order valence-electron chi connectivity index (χ0n) is 15.8. The molecule has 1 heterocycles. The molecule has 0 radical (unpaired) electrons. The van der Waals surface area contributed by atoms with E-state index in [1.165, 1.54) is 6.07 Å². The van der Waals surface area contributed by atoms with Gasteiger partial charge in [0, 0.05) is 24.9 Å². The van der Waals surface area contributed by atoms with Gasteiger partial charge in [0.25, 0.3) is 5.91 Å². The molecule has 146 valence electrons. The number of rotatable bonds is 4. The molecule has 1 aliphatic rings. The Balaban J connectivity index is 1.64. The number of hydroxylamine groups is 1. The molecule has 1 saturated carbocycles. The van der Waals surface area contributed by atoms with Gasteiger partial charge < -0.3 is 4.74 Å². The number of amides is 1. The number of carbonyl (C=O) groups excluding carboxylic acids is 1. The van der Waals surface area contributed by atoms with Gasteiger partial charge in [0.15, 0.2) is 0 Å². The van der Waals surface area contributed by atoms with Crippen molar-refractivity contribution in [2.45, 2.75) is 37.7 Å². The van der Waals surface area contributed by atoms with Gasteiger partial charge in [-0.05, 0) is 49.1 Å². The average molecular weight is 383 g/mol. The summed E-state index contributed by atoms with van der Waals surface area (Å²) in [4.78, 5) is 12.6. The third-order valence-electron chi connectivity index (χ3n) is 5.81. The second-order valence-corrected chi connectivity index (χ2v) is 7.41. The first-order valence-electron chi connectivity index (χ1n) is 9.23. The molecule has 28 heavy (non-hydrogen) atoms. The number of hydrogen-bond acceptors (Lipinski definition) is 4. The van der Waals surface area contributed by atoms with Gasteiger partial charge in [-0.15, -0.1) is 0 Å².